The zero-order valence-corrected chi connectivity index (χ0v) is 21.2. The van der Waals surface area contributed by atoms with E-state index in [2.05, 4.69) is 27.1 Å². The van der Waals surface area contributed by atoms with Crippen LogP contribution in [0.2, 0.25) is 0 Å². The summed E-state index contributed by atoms with van der Waals surface area (Å²) in [4.78, 5) is 32.4. The monoisotopic (exact) mass is 536 g/mol. The summed E-state index contributed by atoms with van der Waals surface area (Å²) < 4.78 is 38.6. The van der Waals surface area contributed by atoms with E-state index in [4.69, 9.17) is 0 Å². The van der Waals surface area contributed by atoms with Crippen molar-refractivity contribution in [2.45, 2.75) is 62.4 Å². The third-order valence-electron chi connectivity index (χ3n) is 7.04. The van der Waals surface area contributed by atoms with Crippen molar-refractivity contribution in [1.82, 2.24) is 20.5 Å². The lowest BCUT2D eigenvalue weighted by Gasteiger charge is -2.38. The molecule has 1 aliphatic carbocycles. The lowest BCUT2D eigenvalue weighted by Crippen LogP contribution is -2.45. The van der Waals surface area contributed by atoms with Gasteiger partial charge in [-0.1, -0.05) is 12.1 Å². The largest absolute Gasteiger partial charge is 0.416 e. The molecule has 1 aromatic carbocycles. The van der Waals surface area contributed by atoms with Crippen molar-refractivity contribution >= 4 is 23.2 Å². The predicted octanol–water partition coefficient (Wildman–Crippen LogP) is 3.64. The van der Waals surface area contributed by atoms with Crippen LogP contribution in [0.3, 0.4) is 0 Å². The second kappa shape index (κ2) is 11.3. The first-order valence-electron chi connectivity index (χ1n) is 12.3. The highest BCUT2D eigenvalue weighted by Gasteiger charge is 2.40. The number of halogens is 3. The second-order valence-electron chi connectivity index (χ2n) is 9.70. The van der Waals surface area contributed by atoms with Crippen LogP contribution in [0.1, 0.15) is 57.9 Å². The van der Waals surface area contributed by atoms with Crippen LogP contribution in [0, 0.1) is 0 Å². The van der Waals surface area contributed by atoms with E-state index in [0.717, 1.165) is 60.3 Å². The number of benzene rings is 1. The molecule has 200 valence electrons. The molecule has 2 heterocycles. The Labute approximate surface area is 217 Å². The van der Waals surface area contributed by atoms with Crippen LogP contribution >= 0.6 is 11.3 Å². The molecule has 0 bridgehead atoms. The number of hydrogen-bond donors (Lipinski definition) is 3. The first-order valence-corrected chi connectivity index (χ1v) is 13.2. The molecule has 1 saturated carbocycles. The van der Waals surface area contributed by atoms with Crippen molar-refractivity contribution < 1.29 is 27.9 Å². The Hall–Kier alpha value is -2.76. The first kappa shape index (κ1) is 27.3. The molecule has 1 saturated heterocycles. The Morgan fingerprint density at radius 2 is 2.03 bits per heavy atom. The molecule has 3 N–H and O–H groups in total. The Morgan fingerprint density at radius 3 is 2.73 bits per heavy atom. The first-order chi connectivity index (χ1) is 17.6. The summed E-state index contributed by atoms with van der Waals surface area (Å²) in [5.74, 6) is -1.12. The van der Waals surface area contributed by atoms with Gasteiger partial charge in [0.15, 0.2) is 0 Å². The number of nitrogens with zero attached hydrogens (tertiary/aromatic N) is 2. The highest BCUT2D eigenvalue weighted by molar-refractivity contribution is 7.11. The Kier molecular flexibility index (Phi) is 8.35. The average Bonchev–Trinajstić information content (AvgIpc) is 3.53. The zero-order chi connectivity index (χ0) is 26.6. The normalized spacial score (nSPS) is 24.5. The van der Waals surface area contributed by atoms with Crippen LogP contribution in [0.4, 0.5) is 13.2 Å². The molecule has 0 spiro atoms. The van der Waals surface area contributed by atoms with Gasteiger partial charge in [0.25, 0.3) is 5.91 Å². The van der Waals surface area contributed by atoms with Gasteiger partial charge in [0.2, 0.25) is 5.91 Å². The van der Waals surface area contributed by atoms with Gasteiger partial charge in [0.1, 0.15) is 10.6 Å². The maximum absolute atomic E-state index is 12.9. The van der Waals surface area contributed by atoms with Crippen molar-refractivity contribution in [1.29, 1.82) is 0 Å². The summed E-state index contributed by atoms with van der Waals surface area (Å²) in [6.45, 7) is 4.93. The quantitative estimate of drug-likeness (QED) is 0.448. The van der Waals surface area contributed by atoms with Crippen molar-refractivity contribution in [3.8, 4) is 0 Å². The molecule has 1 aliphatic heterocycles. The van der Waals surface area contributed by atoms with Gasteiger partial charge in [-0.15, -0.1) is 17.9 Å². The molecule has 7 nitrogen and oxygen atoms in total. The van der Waals surface area contributed by atoms with Crippen molar-refractivity contribution in [2.75, 3.05) is 19.6 Å². The molecule has 1 atom stereocenters. The van der Waals surface area contributed by atoms with Gasteiger partial charge in [-0.05, 0) is 50.3 Å². The number of carbonyl (C=O) groups is 2. The van der Waals surface area contributed by atoms with E-state index < -0.39 is 23.2 Å². The number of rotatable bonds is 8. The third kappa shape index (κ3) is 6.77. The summed E-state index contributed by atoms with van der Waals surface area (Å²) >= 11 is 1.54. The van der Waals surface area contributed by atoms with Gasteiger partial charge >= 0.3 is 6.18 Å². The van der Waals surface area contributed by atoms with E-state index >= 15 is 0 Å². The number of hydrogen-bond acceptors (Lipinski definition) is 6. The number of carbonyl (C=O) groups excluding carboxylic acids is 2. The highest BCUT2D eigenvalue weighted by Crippen LogP contribution is 2.41. The molecule has 2 aromatic rings. The summed E-state index contributed by atoms with van der Waals surface area (Å²) in [5, 5.41) is 17.2. The van der Waals surface area contributed by atoms with Crippen LogP contribution in [-0.4, -0.2) is 58.5 Å². The molecule has 2 aliphatic rings. The molecule has 0 radical (unpaired) electrons. The number of likely N-dealkylation sites (tertiary alicyclic amines) is 1. The van der Waals surface area contributed by atoms with Crippen LogP contribution in [0.5, 0.6) is 0 Å². The van der Waals surface area contributed by atoms with Gasteiger partial charge in [-0.25, -0.2) is 4.98 Å². The fourth-order valence-corrected chi connectivity index (χ4v) is 6.09. The minimum absolute atomic E-state index is 0.0702. The smallest absolute Gasteiger partial charge is 0.383 e. The molecule has 37 heavy (non-hydrogen) atoms. The predicted molar refractivity (Wildman–Crippen MR) is 134 cm³/mol. The summed E-state index contributed by atoms with van der Waals surface area (Å²) in [6, 6.07) is 4.34. The SMILES string of the molecule is C=CCc1cnc(C2(O)CCC(N3CCC(NC(=O)CNC(=O)c4cccc(C(F)(F)F)c4)C3)CC2)s1. The number of allylic oxidation sites excluding steroid dienone is 1. The van der Waals surface area contributed by atoms with Gasteiger partial charge in [-0.3, -0.25) is 14.5 Å². The van der Waals surface area contributed by atoms with Crippen molar-refractivity contribution in [2.24, 2.45) is 0 Å². The van der Waals surface area contributed by atoms with Crippen LogP contribution in [0.15, 0.2) is 43.1 Å². The maximum atomic E-state index is 12.9. The number of nitrogens with one attached hydrogen (secondary N) is 2. The van der Waals surface area contributed by atoms with Crippen LogP contribution in [0.25, 0.3) is 0 Å². The molecular weight excluding hydrogens is 505 g/mol. The van der Waals surface area contributed by atoms with E-state index in [9.17, 15) is 27.9 Å². The van der Waals surface area contributed by atoms with Crippen LogP contribution in [-0.2, 0) is 23.0 Å². The fourth-order valence-electron chi connectivity index (χ4n) is 5.03. The minimum atomic E-state index is -4.55. The van der Waals surface area contributed by atoms with Crippen LogP contribution < -0.4 is 10.6 Å². The van der Waals surface area contributed by atoms with E-state index in [0.29, 0.717) is 25.4 Å². The molecule has 4 rings (SSSR count). The molecule has 1 unspecified atom stereocenters. The Balaban J connectivity index is 1.21. The second-order valence-corrected chi connectivity index (χ2v) is 10.8. The van der Waals surface area contributed by atoms with E-state index in [1.165, 1.54) is 17.4 Å². The standard InChI is InChI=1S/C26H31F3N4O3S/c1-2-4-21-14-31-24(37-21)25(36)10-7-20(8-11-25)33-12-9-19(16-33)32-22(34)15-30-23(35)17-5-3-6-18(13-17)26(27,28)29/h2-3,5-6,13-14,19-20,36H,1,4,7-12,15-16H2,(H,30,35)(H,32,34). The van der Waals surface area contributed by atoms with E-state index in [1.807, 2.05) is 12.3 Å². The molecule has 2 amide bonds. The van der Waals surface area contributed by atoms with Gasteiger partial charge < -0.3 is 15.7 Å². The van der Waals surface area contributed by atoms with Crippen molar-refractivity contribution in [3.05, 3.63) is 64.1 Å². The van der Waals surface area contributed by atoms with E-state index in [1.54, 1.807) is 0 Å². The lowest BCUT2D eigenvalue weighted by atomic mass is 9.82. The van der Waals surface area contributed by atoms with Crippen molar-refractivity contribution in [3.63, 3.8) is 0 Å². The molecular formula is C26H31F3N4O3S. The summed E-state index contributed by atoms with van der Waals surface area (Å²) in [6.07, 6.45) is 3.53. The number of amides is 2. The van der Waals surface area contributed by atoms with E-state index in [-0.39, 0.29) is 24.1 Å². The topological polar surface area (TPSA) is 94.6 Å². The molecule has 1 aromatic heterocycles. The number of alkyl halides is 3. The average molecular weight is 537 g/mol. The van der Waals surface area contributed by atoms with Gasteiger partial charge in [0, 0.05) is 48.2 Å². The number of aromatic nitrogens is 1. The Morgan fingerprint density at radius 1 is 1.27 bits per heavy atom. The summed E-state index contributed by atoms with van der Waals surface area (Å²) in [7, 11) is 0. The highest BCUT2D eigenvalue weighted by atomic mass is 32.1. The third-order valence-corrected chi connectivity index (χ3v) is 8.26. The number of thiazole rings is 1. The fraction of sp³-hybridized carbons (Fsp3) is 0.500. The molecule has 2 fully saturated rings. The zero-order valence-electron chi connectivity index (χ0n) is 20.4. The summed E-state index contributed by atoms with van der Waals surface area (Å²) in [5.41, 5.74) is -1.96. The molecule has 11 heteroatoms. The van der Waals surface area contributed by atoms with Gasteiger partial charge in [-0.2, -0.15) is 13.2 Å². The van der Waals surface area contributed by atoms with Gasteiger partial charge in [0.05, 0.1) is 12.1 Å². The minimum Gasteiger partial charge on any atom is -0.383 e. The number of aliphatic hydroxyl groups is 1. The maximum Gasteiger partial charge on any atom is 0.416 e. The Bertz CT molecular complexity index is 1130. The lowest BCUT2D eigenvalue weighted by molar-refractivity contribution is -0.137.